The number of sulfone groups is 1. The number of ketones is 1. The second kappa shape index (κ2) is 3.38. The Labute approximate surface area is 93.2 Å². The summed E-state index contributed by atoms with van der Waals surface area (Å²) in [4.78, 5) is 11.2. The fourth-order valence-corrected chi connectivity index (χ4v) is 3.78. The third kappa shape index (κ3) is 1.46. The number of rotatable bonds is 3. The maximum atomic E-state index is 13.0. The van der Waals surface area contributed by atoms with Crippen LogP contribution in [-0.4, -0.2) is 18.9 Å². The molecule has 1 saturated carbocycles. The van der Waals surface area contributed by atoms with Crippen molar-refractivity contribution in [3.8, 4) is 0 Å². The van der Waals surface area contributed by atoms with Crippen LogP contribution in [-0.2, 0) is 14.6 Å². The number of hydrogen-bond acceptors (Lipinski definition) is 3. The van der Waals surface area contributed by atoms with Crippen LogP contribution in [0.15, 0.2) is 29.2 Å². The van der Waals surface area contributed by atoms with E-state index < -0.39 is 20.4 Å². The quantitative estimate of drug-likeness (QED) is 0.811. The second-order valence-corrected chi connectivity index (χ2v) is 6.27. The molecule has 86 valence electrons. The first-order valence-corrected chi connectivity index (χ1v) is 6.40. The van der Waals surface area contributed by atoms with Crippen LogP contribution in [0.25, 0.3) is 0 Å². The van der Waals surface area contributed by atoms with Crippen molar-refractivity contribution in [1.82, 2.24) is 0 Å². The molecule has 1 aliphatic rings. The molecule has 1 aromatic rings. The van der Waals surface area contributed by atoms with Gasteiger partial charge in [-0.2, -0.15) is 0 Å². The lowest BCUT2D eigenvalue weighted by atomic mass is 10.3. The minimum absolute atomic E-state index is 0.111. The molecule has 1 aliphatic carbocycles. The maximum absolute atomic E-state index is 13.0. The predicted molar refractivity (Wildman–Crippen MR) is 56.2 cm³/mol. The number of benzene rings is 1. The highest BCUT2D eigenvalue weighted by Crippen LogP contribution is 2.47. The molecule has 0 atom stereocenters. The molecule has 3 nitrogen and oxygen atoms in total. The number of Topliss-reactive ketones (excluding diaryl/α,β-unsaturated/α-hetero) is 1. The van der Waals surface area contributed by atoms with Crippen molar-refractivity contribution in [2.24, 2.45) is 0 Å². The van der Waals surface area contributed by atoms with Gasteiger partial charge in [-0.15, -0.1) is 0 Å². The predicted octanol–water partition coefficient (Wildman–Crippen LogP) is 1.72. The summed E-state index contributed by atoms with van der Waals surface area (Å²) in [6, 6.07) is 4.78. The molecule has 0 aromatic heterocycles. The highest BCUT2D eigenvalue weighted by atomic mass is 32.2. The Kier molecular flexibility index (Phi) is 2.38. The van der Waals surface area contributed by atoms with E-state index in [9.17, 15) is 17.6 Å². The number of carbonyl (C=O) groups excluding carboxylic acids is 1. The van der Waals surface area contributed by atoms with Crippen LogP contribution in [0.4, 0.5) is 4.39 Å². The standard InChI is InChI=1S/C11H11FO3S/c1-8(13)11(5-6-11)16(14,15)10-4-2-3-9(12)7-10/h2-4,7H,5-6H2,1H3. The molecule has 0 aliphatic heterocycles. The van der Waals surface area contributed by atoms with E-state index in [1.807, 2.05) is 0 Å². The number of halogens is 1. The normalized spacial score (nSPS) is 18.1. The summed E-state index contributed by atoms with van der Waals surface area (Å²) < 4.78 is 35.9. The van der Waals surface area contributed by atoms with E-state index in [0.717, 1.165) is 6.07 Å². The average molecular weight is 242 g/mol. The van der Waals surface area contributed by atoms with Crippen molar-refractivity contribution in [3.05, 3.63) is 30.1 Å². The Morgan fingerprint density at radius 2 is 2.00 bits per heavy atom. The Hall–Kier alpha value is -1.23. The number of hydrogen-bond donors (Lipinski definition) is 0. The Morgan fingerprint density at radius 1 is 1.38 bits per heavy atom. The molecule has 1 aromatic carbocycles. The monoisotopic (exact) mass is 242 g/mol. The summed E-state index contributed by atoms with van der Waals surface area (Å²) in [6.07, 6.45) is 0.669. The van der Waals surface area contributed by atoms with Gasteiger partial charge in [0.2, 0.25) is 0 Å². The van der Waals surface area contributed by atoms with E-state index in [2.05, 4.69) is 0 Å². The minimum Gasteiger partial charge on any atom is -0.298 e. The van der Waals surface area contributed by atoms with Gasteiger partial charge in [0.05, 0.1) is 4.90 Å². The van der Waals surface area contributed by atoms with Gasteiger partial charge in [0.25, 0.3) is 0 Å². The number of carbonyl (C=O) groups is 1. The molecule has 16 heavy (non-hydrogen) atoms. The van der Waals surface area contributed by atoms with Gasteiger partial charge in [-0.05, 0) is 38.0 Å². The fourth-order valence-electron chi connectivity index (χ4n) is 1.78. The van der Waals surface area contributed by atoms with Gasteiger partial charge >= 0.3 is 0 Å². The zero-order valence-electron chi connectivity index (χ0n) is 8.73. The van der Waals surface area contributed by atoms with Gasteiger partial charge in [0, 0.05) is 0 Å². The lowest BCUT2D eigenvalue weighted by molar-refractivity contribution is -0.117. The van der Waals surface area contributed by atoms with Crippen molar-refractivity contribution >= 4 is 15.6 Å². The molecule has 0 amide bonds. The summed E-state index contributed by atoms with van der Waals surface area (Å²) in [5.41, 5.74) is 0. The van der Waals surface area contributed by atoms with Crippen molar-refractivity contribution in [2.75, 3.05) is 0 Å². The van der Waals surface area contributed by atoms with E-state index in [-0.39, 0.29) is 10.7 Å². The van der Waals surface area contributed by atoms with E-state index in [1.165, 1.54) is 25.1 Å². The largest absolute Gasteiger partial charge is 0.298 e. The first kappa shape index (κ1) is 11.3. The summed E-state index contributed by atoms with van der Waals surface area (Å²) >= 11 is 0. The summed E-state index contributed by atoms with van der Waals surface area (Å²) in [5.74, 6) is -0.975. The zero-order valence-corrected chi connectivity index (χ0v) is 9.55. The maximum Gasteiger partial charge on any atom is 0.191 e. The molecule has 0 saturated heterocycles. The SMILES string of the molecule is CC(=O)C1(S(=O)(=O)c2cccc(F)c2)CC1. The molecule has 2 rings (SSSR count). The van der Waals surface area contributed by atoms with Gasteiger partial charge in [-0.1, -0.05) is 6.07 Å². The minimum atomic E-state index is -3.74. The van der Waals surface area contributed by atoms with Crippen LogP contribution in [0.5, 0.6) is 0 Å². The van der Waals surface area contributed by atoms with Crippen molar-refractivity contribution in [1.29, 1.82) is 0 Å². The highest BCUT2D eigenvalue weighted by Gasteiger charge is 2.58. The highest BCUT2D eigenvalue weighted by molar-refractivity contribution is 7.94. The molecule has 0 heterocycles. The van der Waals surface area contributed by atoms with Gasteiger partial charge < -0.3 is 0 Å². The summed E-state index contributed by atoms with van der Waals surface area (Å²) in [6.45, 7) is 1.27. The van der Waals surface area contributed by atoms with Gasteiger partial charge in [0.1, 0.15) is 10.6 Å². The smallest absolute Gasteiger partial charge is 0.191 e. The molecular weight excluding hydrogens is 231 g/mol. The molecular formula is C11H11FO3S. The summed E-state index contributed by atoms with van der Waals surface area (Å²) in [7, 11) is -3.74. The average Bonchev–Trinajstić information content (AvgIpc) is 2.98. The molecule has 0 N–H and O–H groups in total. The summed E-state index contributed by atoms with van der Waals surface area (Å²) in [5, 5.41) is 0. The van der Waals surface area contributed by atoms with Crippen LogP contribution < -0.4 is 0 Å². The van der Waals surface area contributed by atoms with Gasteiger partial charge in [-0.3, -0.25) is 4.79 Å². The van der Waals surface area contributed by atoms with Crippen molar-refractivity contribution < 1.29 is 17.6 Å². The fraction of sp³-hybridized carbons (Fsp3) is 0.364. The van der Waals surface area contributed by atoms with Crippen LogP contribution in [0.3, 0.4) is 0 Å². The third-order valence-electron chi connectivity index (χ3n) is 2.97. The van der Waals surface area contributed by atoms with Crippen molar-refractivity contribution in [2.45, 2.75) is 29.4 Å². The Bertz CT molecular complexity index is 544. The van der Waals surface area contributed by atoms with Crippen LogP contribution in [0, 0.1) is 5.82 Å². The van der Waals surface area contributed by atoms with Crippen LogP contribution >= 0.6 is 0 Å². The first-order chi connectivity index (χ1) is 7.40. The van der Waals surface area contributed by atoms with Gasteiger partial charge in [0.15, 0.2) is 15.6 Å². The Morgan fingerprint density at radius 3 is 2.44 bits per heavy atom. The molecule has 0 radical (unpaired) electrons. The topological polar surface area (TPSA) is 51.2 Å². The Balaban J connectivity index is 2.52. The van der Waals surface area contributed by atoms with Crippen LogP contribution in [0.2, 0.25) is 0 Å². The van der Waals surface area contributed by atoms with E-state index in [1.54, 1.807) is 0 Å². The van der Waals surface area contributed by atoms with E-state index in [4.69, 9.17) is 0 Å². The third-order valence-corrected chi connectivity index (χ3v) is 5.57. The van der Waals surface area contributed by atoms with E-state index >= 15 is 0 Å². The lowest BCUT2D eigenvalue weighted by Gasteiger charge is -2.12. The van der Waals surface area contributed by atoms with Gasteiger partial charge in [-0.25, -0.2) is 12.8 Å². The van der Waals surface area contributed by atoms with E-state index in [0.29, 0.717) is 12.8 Å². The molecule has 0 unspecified atom stereocenters. The lowest BCUT2D eigenvalue weighted by Crippen LogP contribution is -2.30. The molecule has 0 bridgehead atoms. The first-order valence-electron chi connectivity index (χ1n) is 4.91. The van der Waals surface area contributed by atoms with Crippen LogP contribution in [0.1, 0.15) is 19.8 Å². The van der Waals surface area contributed by atoms with Crippen molar-refractivity contribution in [3.63, 3.8) is 0 Å². The molecule has 0 spiro atoms. The molecule has 1 fully saturated rings. The molecule has 5 heteroatoms. The zero-order chi connectivity index (χ0) is 12.0. The second-order valence-electron chi connectivity index (χ2n) is 4.01.